The summed E-state index contributed by atoms with van der Waals surface area (Å²) in [5.74, 6) is 0. The third kappa shape index (κ3) is 2.68. The lowest BCUT2D eigenvalue weighted by Crippen LogP contribution is -1.86. The number of carbonyl (C=O) groups excluding carboxylic acids is 1. The number of hydrogen-bond acceptors (Lipinski definition) is 4. The predicted molar refractivity (Wildman–Crippen MR) is 65.7 cm³/mol. The minimum atomic E-state index is 0.659. The number of halogens is 1. The quantitative estimate of drug-likeness (QED) is 0.644. The van der Waals surface area contributed by atoms with Crippen LogP contribution in [0.5, 0.6) is 0 Å². The highest BCUT2D eigenvalue weighted by Crippen LogP contribution is 2.30. The first-order chi connectivity index (χ1) is 7.79. The van der Waals surface area contributed by atoms with E-state index < -0.39 is 0 Å². The van der Waals surface area contributed by atoms with Crippen LogP contribution in [0, 0.1) is 0 Å². The average Bonchev–Trinajstić information content (AvgIpc) is 2.31. The van der Waals surface area contributed by atoms with Crippen LogP contribution in [-0.4, -0.2) is 16.3 Å². The van der Waals surface area contributed by atoms with Crippen molar-refractivity contribution < 1.29 is 4.79 Å². The normalized spacial score (nSPS) is 10.1. The van der Waals surface area contributed by atoms with E-state index in [0.29, 0.717) is 5.56 Å². The molecular formula is C11H7BrN2OS. The third-order valence-electron chi connectivity index (χ3n) is 1.87. The van der Waals surface area contributed by atoms with Crippen LogP contribution in [0.2, 0.25) is 0 Å². The minimum absolute atomic E-state index is 0.659. The molecule has 3 nitrogen and oxygen atoms in total. The van der Waals surface area contributed by atoms with Crippen molar-refractivity contribution in [1.82, 2.24) is 9.97 Å². The fourth-order valence-electron chi connectivity index (χ4n) is 1.15. The minimum Gasteiger partial charge on any atom is -0.298 e. The van der Waals surface area contributed by atoms with Crippen LogP contribution in [0.25, 0.3) is 0 Å². The Morgan fingerprint density at radius 1 is 1.31 bits per heavy atom. The number of aldehydes is 1. The van der Waals surface area contributed by atoms with E-state index in [-0.39, 0.29) is 0 Å². The van der Waals surface area contributed by atoms with Crippen LogP contribution in [0.4, 0.5) is 0 Å². The lowest BCUT2D eigenvalue weighted by molar-refractivity contribution is 0.112. The summed E-state index contributed by atoms with van der Waals surface area (Å²) in [6.07, 6.45) is 4.00. The maximum absolute atomic E-state index is 10.9. The molecule has 80 valence electrons. The molecule has 0 saturated carbocycles. The zero-order valence-corrected chi connectivity index (χ0v) is 10.5. The van der Waals surface area contributed by atoms with E-state index in [1.54, 1.807) is 18.3 Å². The van der Waals surface area contributed by atoms with Crippen molar-refractivity contribution in [1.29, 1.82) is 0 Å². The van der Waals surface area contributed by atoms with Crippen molar-refractivity contribution in [3.8, 4) is 0 Å². The van der Waals surface area contributed by atoms with Crippen molar-refractivity contribution >= 4 is 34.0 Å². The van der Waals surface area contributed by atoms with E-state index in [4.69, 9.17) is 0 Å². The molecule has 0 N–H and O–H groups in total. The number of benzene rings is 1. The fourth-order valence-corrected chi connectivity index (χ4v) is 2.53. The molecule has 5 heteroatoms. The first-order valence-electron chi connectivity index (χ1n) is 4.48. The number of hydrogen-bond donors (Lipinski definition) is 0. The first-order valence-corrected chi connectivity index (χ1v) is 6.09. The van der Waals surface area contributed by atoms with Crippen LogP contribution in [-0.2, 0) is 0 Å². The summed E-state index contributed by atoms with van der Waals surface area (Å²) in [6.45, 7) is 0. The molecule has 0 saturated heterocycles. The molecule has 0 atom stereocenters. The van der Waals surface area contributed by atoms with Gasteiger partial charge in [-0.2, -0.15) is 0 Å². The highest BCUT2D eigenvalue weighted by atomic mass is 79.9. The Hall–Kier alpha value is -1.20. The Morgan fingerprint density at radius 3 is 2.88 bits per heavy atom. The average molecular weight is 295 g/mol. The first kappa shape index (κ1) is 11.3. The molecule has 0 unspecified atom stereocenters. The van der Waals surface area contributed by atoms with Crippen LogP contribution in [0.1, 0.15) is 10.4 Å². The molecule has 1 heterocycles. The van der Waals surface area contributed by atoms with Crippen molar-refractivity contribution in [3.63, 3.8) is 0 Å². The Bertz CT molecular complexity index is 505. The van der Waals surface area contributed by atoms with Gasteiger partial charge in [0.15, 0.2) is 6.29 Å². The Kier molecular flexibility index (Phi) is 3.69. The Balaban J connectivity index is 2.33. The van der Waals surface area contributed by atoms with Crippen molar-refractivity contribution in [2.24, 2.45) is 0 Å². The molecule has 0 aliphatic carbocycles. The zero-order valence-electron chi connectivity index (χ0n) is 8.13. The molecule has 0 fully saturated rings. The summed E-state index contributed by atoms with van der Waals surface area (Å²) in [5, 5.41) is 0.816. The number of carbonyl (C=O) groups is 1. The summed E-state index contributed by atoms with van der Waals surface area (Å²) in [7, 11) is 0. The summed E-state index contributed by atoms with van der Waals surface area (Å²) in [6, 6.07) is 7.32. The van der Waals surface area contributed by atoms with Gasteiger partial charge in [0.1, 0.15) is 11.4 Å². The Morgan fingerprint density at radius 2 is 2.19 bits per heavy atom. The van der Waals surface area contributed by atoms with Crippen molar-refractivity contribution in [2.75, 3.05) is 0 Å². The lowest BCUT2D eigenvalue weighted by Gasteiger charge is -2.03. The second kappa shape index (κ2) is 5.23. The molecule has 16 heavy (non-hydrogen) atoms. The van der Waals surface area contributed by atoms with E-state index in [1.165, 1.54) is 18.1 Å². The number of rotatable bonds is 3. The second-order valence-corrected chi connectivity index (χ2v) is 4.93. The second-order valence-electron chi connectivity index (χ2n) is 2.95. The van der Waals surface area contributed by atoms with Gasteiger partial charge in [-0.3, -0.25) is 4.79 Å². The van der Waals surface area contributed by atoms with Gasteiger partial charge in [0.2, 0.25) is 0 Å². The van der Waals surface area contributed by atoms with Gasteiger partial charge in [0.05, 0.1) is 0 Å². The van der Waals surface area contributed by atoms with Gasteiger partial charge in [0.25, 0.3) is 0 Å². The zero-order chi connectivity index (χ0) is 11.4. The molecular weight excluding hydrogens is 288 g/mol. The molecule has 0 bridgehead atoms. The maximum atomic E-state index is 10.9. The van der Waals surface area contributed by atoms with Gasteiger partial charge in [0, 0.05) is 21.1 Å². The number of aromatic nitrogens is 2. The highest BCUT2D eigenvalue weighted by molar-refractivity contribution is 9.10. The fraction of sp³-hybridized carbons (Fsp3) is 0. The molecule has 0 radical (unpaired) electrons. The smallest absolute Gasteiger partial charge is 0.151 e. The largest absolute Gasteiger partial charge is 0.298 e. The monoisotopic (exact) mass is 294 g/mol. The van der Waals surface area contributed by atoms with E-state index in [0.717, 1.165) is 20.7 Å². The van der Waals surface area contributed by atoms with E-state index in [9.17, 15) is 4.79 Å². The highest BCUT2D eigenvalue weighted by Gasteiger charge is 2.05. The van der Waals surface area contributed by atoms with Crippen molar-refractivity contribution in [2.45, 2.75) is 9.92 Å². The molecule has 1 aromatic heterocycles. The van der Waals surface area contributed by atoms with Gasteiger partial charge in [-0.15, -0.1) is 0 Å². The van der Waals surface area contributed by atoms with Crippen LogP contribution >= 0.6 is 27.7 Å². The molecule has 2 rings (SSSR count). The summed E-state index contributed by atoms with van der Waals surface area (Å²) in [5.41, 5.74) is 0.659. The van der Waals surface area contributed by atoms with E-state index in [2.05, 4.69) is 25.9 Å². The standard InChI is InChI=1S/C11H7BrN2OS/c12-9-2-1-8(6-15)10(5-9)16-11-3-4-13-7-14-11/h1-7H. The van der Waals surface area contributed by atoms with E-state index >= 15 is 0 Å². The summed E-state index contributed by atoms with van der Waals surface area (Å²) >= 11 is 4.82. The van der Waals surface area contributed by atoms with Gasteiger partial charge in [-0.25, -0.2) is 9.97 Å². The van der Waals surface area contributed by atoms with Gasteiger partial charge in [-0.1, -0.05) is 27.7 Å². The molecule has 2 aromatic rings. The third-order valence-corrected chi connectivity index (χ3v) is 3.39. The topological polar surface area (TPSA) is 42.9 Å². The van der Waals surface area contributed by atoms with Crippen molar-refractivity contribution in [3.05, 3.63) is 46.8 Å². The van der Waals surface area contributed by atoms with Crippen LogP contribution in [0.3, 0.4) is 0 Å². The molecule has 0 aliphatic heterocycles. The van der Waals surface area contributed by atoms with Gasteiger partial charge >= 0.3 is 0 Å². The SMILES string of the molecule is O=Cc1ccc(Br)cc1Sc1ccncn1. The van der Waals surface area contributed by atoms with Crippen LogP contribution < -0.4 is 0 Å². The maximum Gasteiger partial charge on any atom is 0.151 e. The molecule has 1 aromatic carbocycles. The predicted octanol–water partition coefficient (Wildman–Crippen LogP) is 3.20. The van der Waals surface area contributed by atoms with Gasteiger partial charge < -0.3 is 0 Å². The lowest BCUT2D eigenvalue weighted by atomic mass is 10.2. The summed E-state index contributed by atoms with van der Waals surface area (Å²) in [4.78, 5) is 19.7. The van der Waals surface area contributed by atoms with E-state index in [1.807, 2.05) is 12.1 Å². The Labute approximate surface area is 105 Å². The molecule has 0 amide bonds. The molecule has 0 spiro atoms. The number of nitrogens with zero attached hydrogens (tertiary/aromatic N) is 2. The molecule has 0 aliphatic rings. The van der Waals surface area contributed by atoms with Crippen LogP contribution in [0.15, 0.2) is 51.2 Å². The van der Waals surface area contributed by atoms with Gasteiger partial charge in [-0.05, 0) is 24.3 Å². The summed E-state index contributed by atoms with van der Waals surface area (Å²) < 4.78 is 0.939.